The van der Waals surface area contributed by atoms with Gasteiger partial charge >= 0.3 is 0 Å². The van der Waals surface area contributed by atoms with Crippen molar-refractivity contribution < 1.29 is 9.53 Å². The van der Waals surface area contributed by atoms with Crippen LogP contribution in [-0.4, -0.2) is 23.5 Å². The van der Waals surface area contributed by atoms with Crippen molar-refractivity contribution in [2.75, 3.05) is 17.2 Å². The smallest absolute Gasteiger partial charge is 0.257 e. The first-order valence-electron chi connectivity index (χ1n) is 8.21. The van der Waals surface area contributed by atoms with Gasteiger partial charge in [0.15, 0.2) is 0 Å². The van der Waals surface area contributed by atoms with Gasteiger partial charge in [0.25, 0.3) is 5.91 Å². The molecule has 0 spiro atoms. The van der Waals surface area contributed by atoms with Crippen LogP contribution in [0.2, 0.25) is 0 Å². The number of rotatable bonds is 7. The molecular formula is C19H25N3O2. The minimum absolute atomic E-state index is 0.0354. The van der Waals surface area contributed by atoms with E-state index in [1.54, 1.807) is 18.5 Å². The van der Waals surface area contributed by atoms with Crippen molar-refractivity contribution in [3.63, 3.8) is 0 Å². The van der Waals surface area contributed by atoms with E-state index in [2.05, 4.69) is 29.5 Å². The van der Waals surface area contributed by atoms with Gasteiger partial charge in [0.2, 0.25) is 0 Å². The van der Waals surface area contributed by atoms with Gasteiger partial charge in [-0.2, -0.15) is 0 Å². The average Bonchev–Trinajstić information content (AvgIpc) is 2.54. The molecule has 1 heterocycles. The number of anilines is 2. The Hall–Kier alpha value is -2.56. The summed E-state index contributed by atoms with van der Waals surface area (Å²) in [5, 5.41) is 6.17. The van der Waals surface area contributed by atoms with Crippen LogP contribution >= 0.6 is 0 Å². The second-order valence-corrected chi connectivity index (χ2v) is 6.35. The highest BCUT2D eigenvalue weighted by molar-refractivity contribution is 6.05. The molecule has 0 aliphatic heterocycles. The summed E-state index contributed by atoms with van der Waals surface area (Å²) in [5.74, 6) is 0.959. The van der Waals surface area contributed by atoms with Crippen molar-refractivity contribution in [2.45, 2.75) is 33.8 Å². The maximum Gasteiger partial charge on any atom is 0.257 e. The van der Waals surface area contributed by atoms with Crippen LogP contribution in [0.4, 0.5) is 11.4 Å². The number of hydrogen-bond donors (Lipinski definition) is 2. The van der Waals surface area contributed by atoms with Gasteiger partial charge < -0.3 is 15.4 Å². The molecule has 0 aliphatic carbocycles. The van der Waals surface area contributed by atoms with Crippen LogP contribution in [0.5, 0.6) is 5.75 Å². The number of benzene rings is 1. The molecule has 24 heavy (non-hydrogen) atoms. The van der Waals surface area contributed by atoms with Crippen LogP contribution < -0.4 is 15.4 Å². The van der Waals surface area contributed by atoms with Crippen molar-refractivity contribution in [3.8, 4) is 5.75 Å². The summed E-state index contributed by atoms with van der Waals surface area (Å²) < 4.78 is 5.73. The summed E-state index contributed by atoms with van der Waals surface area (Å²) in [7, 11) is 0. The number of nitrogens with zero attached hydrogens (tertiary/aromatic N) is 1. The largest absolute Gasteiger partial charge is 0.489 e. The lowest BCUT2D eigenvalue weighted by molar-refractivity contribution is 0.102. The molecule has 1 aromatic carbocycles. The molecule has 0 atom stereocenters. The van der Waals surface area contributed by atoms with Crippen LogP contribution in [0.3, 0.4) is 0 Å². The SMILES string of the molecule is CC(C)CNc1cncc(C(=O)Nc2ccccc2OC(C)C)c1. The van der Waals surface area contributed by atoms with E-state index in [4.69, 9.17) is 4.74 Å². The minimum Gasteiger partial charge on any atom is -0.489 e. The number of carbonyl (C=O) groups is 1. The lowest BCUT2D eigenvalue weighted by Crippen LogP contribution is -2.15. The Bertz CT molecular complexity index is 684. The molecule has 0 aliphatic rings. The first-order valence-corrected chi connectivity index (χ1v) is 8.21. The zero-order chi connectivity index (χ0) is 17.5. The van der Waals surface area contributed by atoms with E-state index in [1.165, 1.54) is 0 Å². The number of ether oxygens (including phenoxy) is 1. The lowest BCUT2D eigenvalue weighted by atomic mass is 10.2. The van der Waals surface area contributed by atoms with E-state index in [9.17, 15) is 4.79 Å². The Balaban J connectivity index is 2.11. The van der Waals surface area contributed by atoms with Crippen LogP contribution in [0.25, 0.3) is 0 Å². The van der Waals surface area contributed by atoms with E-state index < -0.39 is 0 Å². The summed E-state index contributed by atoms with van der Waals surface area (Å²) in [6.45, 7) is 8.99. The van der Waals surface area contributed by atoms with Gasteiger partial charge in [0.05, 0.1) is 23.0 Å². The molecule has 0 bridgehead atoms. The average molecular weight is 327 g/mol. The number of hydrogen-bond acceptors (Lipinski definition) is 4. The highest BCUT2D eigenvalue weighted by atomic mass is 16.5. The second kappa shape index (κ2) is 8.34. The van der Waals surface area contributed by atoms with E-state index in [1.807, 2.05) is 38.1 Å². The molecule has 1 amide bonds. The molecule has 0 saturated carbocycles. The molecule has 5 heteroatoms. The van der Waals surface area contributed by atoms with Gasteiger partial charge in [-0.15, -0.1) is 0 Å². The van der Waals surface area contributed by atoms with Crippen molar-refractivity contribution >= 4 is 17.3 Å². The first kappa shape index (κ1) is 17.8. The number of nitrogens with one attached hydrogen (secondary N) is 2. The van der Waals surface area contributed by atoms with E-state index >= 15 is 0 Å². The maximum absolute atomic E-state index is 12.5. The Labute approximate surface area is 143 Å². The molecular weight excluding hydrogens is 302 g/mol. The third-order valence-corrected chi connectivity index (χ3v) is 3.21. The molecule has 2 N–H and O–H groups in total. The normalized spacial score (nSPS) is 10.8. The van der Waals surface area contributed by atoms with Gasteiger partial charge in [-0.1, -0.05) is 26.0 Å². The van der Waals surface area contributed by atoms with Crippen LogP contribution in [0.15, 0.2) is 42.7 Å². The molecule has 5 nitrogen and oxygen atoms in total. The fraction of sp³-hybridized carbons (Fsp3) is 0.368. The predicted molar refractivity (Wildman–Crippen MR) is 97.7 cm³/mol. The van der Waals surface area contributed by atoms with Gasteiger partial charge in [-0.25, -0.2) is 0 Å². The molecule has 0 radical (unpaired) electrons. The van der Waals surface area contributed by atoms with Crippen molar-refractivity contribution in [1.29, 1.82) is 0 Å². The lowest BCUT2D eigenvalue weighted by Gasteiger charge is -2.15. The molecule has 0 fully saturated rings. The van der Waals surface area contributed by atoms with Gasteiger partial charge in [-0.3, -0.25) is 9.78 Å². The van der Waals surface area contributed by atoms with Gasteiger partial charge in [0.1, 0.15) is 5.75 Å². The first-order chi connectivity index (χ1) is 11.5. The van der Waals surface area contributed by atoms with Crippen LogP contribution in [-0.2, 0) is 0 Å². The molecule has 2 aromatic rings. The molecule has 1 aromatic heterocycles. The third kappa shape index (κ3) is 5.26. The summed E-state index contributed by atoms with van der Waals surface area (Å²) >= 11 is 0. The monoisotopic (exact) mass is 327 g/mol. The van der Waals surface area contributed by atoms with Gasteiger partial charge in [-0.05, 0) is 38.0 Å². The molecule has 0 unspecified atom stereocenters. The summed E-state index contributed by atoms with van der Waals surface area (Å²) in [5.41, 5.74) is 1.99. The molecule has 0 saturated heterocycles. The number of para-hydroxylation sites is 2. The summed E-state index contributed by atoms with van der Waals surface area (Å²) in [4.78, 5) is 16.6. The van der Waals surface area contributed by atoms with Crippen molar-refractivity contribution in [2.24, 2.45) is 5.92 Å². The number of carbonyl (C=O) groups excluding carboxylic acids is 1. The summed E-state index contributed by atoms with van der Waals surface area (Å²) in [6.07, 6.45) is 3.31. The Morgan fingerprint density at radius 1 is 1.17 bits per heavy atom. The molecule has 2 rings (SSSR count). The van der Waals surface area contributed by atoms with Crippen LogP contribution in [0, 0.1) is 5.92 Å². The zero-order valence-corrected chi connectivity index (χ0v) is 14.7. The van der Waals surface area contributed by atoms with E-state index in [0.29, 0.717) is 22.9 Å². The number of amides is 1. The zero-order valence-electron chi connectivity index (χ0n) is 14.7. The maximum atomic E-state index is 12.5. The van der Waals surface area contributed by atoms with E-state index in [-0.39, 0.29) is 12.0 Å². The topological polar surface area (TPSA) is 63.2 Å². The molecule has 128 valence electrons. The van der Waals surface area contributed by atoms with Gasteiger partial charge in [0, 0.05) is 18.9 Å². The predicted octanol–water partition coefficient (Wildman–Crippen LogP) is 4.19. The fourth-order valence-electron chi connectivity index (χ4n) is 2.10. The second-order valence-electron chi connectivity index (χ2n) is 6.35. The van der Waals surface area contributed by atoms with E-state index in [0.717, 1.165) is 12.2 Å². The fourth-order valence-corrected chi connectivity index (χ4v) is 2.10. The standard InChI is InChI=1S/C19H25N3O2/c1-13(2)10-21-16-9-15(11-20-12-16)19(23)22-17-7-5-6-8-18(17)24-14(3)4/h5-9,11-14,21H,10H2,1-4H3,(H,22,23). The Morgan fingerprint density at radius 2 is 1.92 bits per heavy atom. The number of pyridine rings is 1. The van der Waals surface area contributed by atoms with Crippen LogP contribution in [0.1, 0.15) is 38.1 Å². The third-order valence-electron chi connectivity index (χ3n) is 3.21. The highest BCUT2D eigenvalue weighted by Gasteiger charge is 2.11. The van der Waals surface area contributed by atoms with Crippen molar-refractivity contribution in [3.05, 3.63) is 48.3 Å². The number of aromatic nitrogens is 1. The van der Waals surface area contributed by atoms with Crippen molar-refractivity contribution in [1.82, 2.24) is 4.98 Å². The quantitative estimate of drug-likeness (QED) is 0.800. The Morgan fingerprint density at radius 3 is 2.62 bits per heavy atom. The highest BCUT2D eigenvalue weighted by Crippen LogP contribution is 2.25. The Kier molecular flexibility index (Phi) is 6.18. The summed E-state index contributed by atoms with van der Waals surface area (Å²) in [6, 6.07) is 9.21. The minimum atomic E-state index is -0.212.